The summed E-state index contributed by atoms with van der Waals surface area (Å²) < 4.78 is 2.78. The van der Waals surface area contributed by atoms with Crippen molar-refractivity contribution in [2.24, 2.45) is 0 Å². The lowest BCUT2D eigenvalue weighted by Crippen LogP contribution is -2.04. The first-order valence-electron chi connectivity index (χ1n) is 5.99. The molecule has 0 saturated heterocycles. The van der Waals surface area contributed by atoms with Gasteiger partial charge in [0.1, 0.15) is 11.3 Å². The highest BCUT2D eigenvalue weighted by molar-refractivity contribution is 9.10. The number of carboxylic acid groups (broad SMARTS) is 1. The maximum atomic E-state index is 11.1. The molecule has 0 aromatic carbocycles. The Bertz CT molecular complexity index is 793. The fourth-order valence-corrected chi connectivity index (χ4v) is 3.19. The minimum absolute atomic E-state index is 0.0517. The van der Waals surface area contributed by atoms with E-state index < -0.39 is 5.97 Å². The van der Waals surface area contributed by atoms with Crippen LogP contribution in [0.4, 0.5) is 0 Å². The summed E-state index contributed by atoms with van der Waals surface area (Å²) >= 11 is 5.04. The van der Waals surface area contributed by atoms with Gasteiger partial charge in [-0.25, -0.2) is 4.98 Å². The van der Waals surface area contributed by atoms with Gasteiger partial charge in [-0.05, 0) is 45.9 Å². The van der Waals surface area contributed by atoms with Crippen molar-refractivity contribution in [3.8, 4) is 10.6 Å². The zero-order valence-electron chi connectivity index (χ0n) is 10.6. The van der Waals surface area contributed by atoms with E-state index in [0.29, 0.717) is 5.69 Å². The second kappa shape index (κ2) is 5.03. The molecule has 0 fully saturated rings. The maximum absolute atomic E-state index is 11.1. The summed E-state index contributed by atoms with van der Waals surface area (Å²) in [6.07, 6.45) is 1.83. The molecule has 20 heavy (non-hydrogen) atoms. The number of hydrogen-bond donors (Lipinski definition) is 1. The Balaban J connectivity index is 2.30. The second-order valence-corrected chi connectivity index (χ2v) is 6.29. The van der Waals surface area contributed by atoms with Crippen molar-refractivity contribution in [1.29, 1.82) is 0 Å². The Kier molecular flexibility index (Phi) is 3.35. The number of aromatic nitrogens is 2. The molecular weight excluding hydrogens is 340 g/mol. The van der Waals surface area contributed by atoms with Crippen LogP contribution in [0.2, 0.25) is 0 Å². The first-order valence-corrected chi connectivity index (χ1v) is 7.66. The van der Waals surface area contributed by atoms with Crippen molar-refractivity contribution >= 4 is 38.9 Å². The van der Waals surface area contributed by atoms with E-state index in [9.17, 15) is 4.79 Å². The summed E-state index contributed by atoms with van der Waals surface area (Å²) in [7, 11) is 0. The maximum Gasteiger partial charge on any atom is 0.309 e. The molecule has 3 rings (SSSR count). The Hall–Kier alpha value is -1.66. The van der Waals surface area contributed by atoms with Crippen LogP contribution in [0.15, 0.2) is 34.2 Å². The normalized spacial score (nSPS) is 11.1. The van der Waals surface area contributed by atoms with Crippen LogP contribution in [0.25, 0.3) is 16.2 Å². The standard InChI is InChI=1S/C14H11BrN2O2S/c1-8-5-12-16-14(11-3-2-4-20-11)10(6-13(18)19)17(12)7-9(8)15/h2-5,7H,6H2,1H3,(H,18,19). The summed E-state index contributed by atoms with van der Waals surface area (Å²) in [6.45, 7) is 1.99. The van der Waals surface area contributed by atoms with Gasteiger partial charge in [0.2, 0.25) is 0 Å². The highest BCUT2D eigenvalue weighted by Gasteiger charge is 2.18. The van der Waals surface area contributed by atoms with Gasteiger partial charge in [-0.1, -0.05) is 6.07 Å². The van der Waals surface area contributed by atoms with E-state index in [1.807, 2.05) is 41.1 Å². The lowest BCUT2D eigenvalue weighted by molar-refractivity contribution is -0.136. The number of aliphatic carboxylic acids is 1. The number of halogens is 1. The molecule has 0 aliphatic rings. The van der Waals surface area contributed by atoms with Crippen LogP contribution in [0.3, 0.4) is 0 Å². The molecular formula is C14H11BrN2O2S. The minimum Gasteiger partial charge on any atom is -0.481 e. The molecule has 3 heterocycles. The molecule has 0 atom stereocenters. The van der Waals surface area contributed by atoms with E-state index in [2.05, 4.69) is 20.9 Å². The first-order chi connectivity index (χ1) is 9.56. The summed E-state index contributed by atoms with van der Waals surface area (Å²) in [5, 5.41) is 11.1. The number of aryl methyl sites for hydroxylation is 1. The van der Waals surface area contributed by atoms with Gasteiger partial charge in [0.25, 0.3) is 0 Å². The van der Waals surface area contributed by atoms with Crippen molar-refractivity contribution in [3.63, 3.8) is 0 Å². The number of imidazole rings is 1. The monoisotopic (exact) mass is 350 g/mol. The molecule has 3 aromatic heterocycles. The van der Waals surface area contributed by atoms with Crippen molar-refractivity contribution in [2.75, 3.05) is 0 Å². The average Bonchev–Trinajstić information content (AvgIpc) is 2.99. The van der Waals surface area contributed by atoms with Crippen LogP contribution in [0, 0.1) is 6.92 Å². The number of carbonyl (C=O) groups is 1. The molecule has 3 aromatic rings. The van der Waals surface area contributed by atoms with Gasteiger partial charge < -0.3 is 9.51 Å². The highest BCUT2D eigenvalue weighted by Crippen LogP contribution is 2.30. The Morgan fingerprint density at radius 3 is 3.00 bits per heavy atom. The lowest BCUT2D eigenvalue weighted by atomic mass is 10.2. The predicted molar refractivity (Wildman–Crippen MR) is 82.3 cm³/mol. The number of nitrogens with zero attached hydrogens (tertiary/aromatic N) is 2. The van der Waals surface area contributed by atoms with E-state index in [1.165, 1.54) is 0 Å². The second-order valence-electron chi connectivity index (χ2n) is 4.49. The van der Waals surface area contributed by atoms with E-state index in [0.717, 1.165) is 26.3 Å². The highest BCUT2D eigenvalue weighted by atomic mass is 79.9. The van der Waals surface area contributed by atoms with E-state index in [4.69, 9.17) is 5.11 Å². The molecule has 6 heteroatoms. The van der Waals surface area contributed by atoms with Crippen LogP contribution in [0.5, 0.6) is 0 Å². The number of thiophene rings is 1. The van der Waals surface area contributed by atoms with Gasteiger partial charge in [-0.3, -0.25) is 4.79 Å². The SMILES string of the molecule is Cc1cc2nc(-c3cccs3)c(CC(=O)O)n2cc1Br. The number of rotatable bonds is 3. The van der Waals surface area contributed by atoms with Gasteiger partial charge in [0.05, 0.1) is 17.0 Å². The zero-order chi connectivity index (χ0) is 14.3. The lowest BCUT2D eigenvalue weighted by Gasteiger charge is -2.03. The molecule has 4 nitrogen and oxygen atoms in total. The smallest absolute Gasteiger partial charge is 0.309 e. The van der Waals surface area contributed by atoms with Crippen LogP contribution < -0.4 is 0 Å². The van der Waals surface area contributed by atoms with E-state index >= 15 is 0 Å². The van der Waals surface area contributed by atoms with Gasteiger partial charge in [0, 0.05) is 10.7 Å². The molecule has 0 aliphatic carbocycles. The molecule has 0 amide bonds. The molecule has 1 N–H and O–H groups in total. The van der Waals surface area contributed by atoms with Crippen LogP contribution in [-0.2, 0) is 11.2 Å². The number of carboxylic acids is 1. The number of pyridine rings is 1. The summed E-state index contributed by atoms with van der Waals surface area (Å²) in [4.78, 5) is 16.7. The summed E-state index contributed by atoms with van der Waals surface area (Å²) in [6, 6.07) is 5.85. The average molecular weight is 351 g/mol. The van der Waals surface area contributed by atoms with Gasteiger partial charge in [-0.2, -0.15) is 0 Å². The van der Waals surface area contributed by atoms with Crippen molar-refractivity contribution in [2.45, 2.75) is 13.3 Å². The largest absolute Gasteiger partial charge is 0.481 e. The third-order valence-corrected chi connectivity index (χ3v) is 4.78. The third-order valence-electron chi connectivity index (χ3n) is 3.08. The number of hydrogen-bond acceptors (Lipinski definition) is 3. The minimum atomic E-state index is -0.860. The van der Waals surface area contributed by atoms with E-state index in [-0.39, 0.29) is 6.42 Å². The zero-order valence-corrected chi connectivity index (χ0v) is 13.0. The van der Waals surface area contributed by atoms with Crippen molar-refractivity contribution in [3.05, 3.63) is 45.5 Å². The van der Waals surface area contributed by atoms with Gasteiger partial charge >= 0.3 is 5.97 Å². The van der Waals surface area contributed by atoms with Crippen LogP contribution in [-0.4, -0.2) is 20.5 Å². The van der Waals surface area contributed by atoms with Gasteiger partial charge in [0.15, 0.2) is 0 Å². The topological polar surface area (TPSA) is 54.6 Å². The third kappa shape index (κ3) is 2.25. The van der Waals surface area contributed by atoms with Gasteiger partial charge in [-0.15, -0.1) is 11.3 Å². The van der Waals surface area contributed by atoms with Crippen molar-refractivity contribution < 1.29 is 9.90 Å². The van der Waals surface area contributed by atoms with E-state index in [1.54, 1.807) is 11.3 Å². The van der Waals surface area contributed by atoms with Crippen LogP contribution >= 0.6 is 27.3 Å². The Labute approximate surface area is 127 Å². The molecule has 0 radical (unpaired) electrons. The molecule has 0 spiro atoms. The molecule has 0 unspecified atom stereocenters. The first kappa shape index (κ1) is 13.3. The quantitative estimate of drug-likeness (QED) is 0.782. The Morgan fingerprint density at radius 2 is 2.35 bits per heavy atom. The Morgan fingerprint density at radius 1 is 1.55 bits per heavy atom. The molecule has 0 aliphatic heterocycles. The summed E-state index contributed by atoms with van der Waals surface area (Å²) in [5.74, 6) is -0.860. The fraction of sp³-hybridized carbons (Fsp3) is 0.143. The summed E-state index contributed by atoms with van der Waals surface area (Å²) in [5.41, 5.74) is 3.29. The van der Waals surface area contributed by atoms with Crippen LogP contribution in [0.1, 0.15) is 11.3 Å². The molecule has 0 bridgehead atoms. The predicted octanol–water partition coefficient (Wildman–Crippen LogP) is 3.76. The molecule has 102 valence electrons. The fourth-order valence-electron chi connectivity index (χ4n) is 2.13. The number of fused-ring (bicyclic) bond motifs is 1. The molecule has 0 saturated carbocycles. The van der Waals surface area contributed by atoms with Crippen molar-refractivity contribution in [1.82, 2.24) is 9.38 Å².